The zero-order chi connectivity index (χ0) is 10.6. The Bertz CT molecular complexity index is 225. The lowest BCUT2D eigenvalue weighted by Gasteiger charge is -2.15. The first kappa shape index (κ1) is 11.5. The molecule has 0 spiro atoms. The van der Waals surface area contributed by atoms with Gasteiger partial charge in [0.15, 0.2) is 5.11 Å². The number of hydrogen-bond donors (Lipinski definition) is 2. The standard InChI is InChI=1S/C11H20N2S/c1-8(2)7-12-11(14)13-10-5-4-9(3)6-10/h9-10H,1,4-7H2,2-3H3,(H2,12,13,14). The Morgan fingerprint density at radius 2 is 2.21 bits per heavy atom. The van der Waals surface area contributed by atoms with Gasteiger partial charge in [0.2, 0.25) is 0 Å². The van der Waals surface area contributed by atoms with Crippen molar-refractivity contribution in [1.29, 1.82) is 0 Å². The minimum atomic E-state index is 0.579. The molecule has 0 aliphatic heterocycles. The Labute approximate surface area is 92.2 Å². The summed E-state index contributed by atoms with van der Waals surface area (Å²) in [4.78, 5) is 0. The van der Waals surface area contributed by atoms with E-state index in [4.69, 9.17) is 12.2 Å². The fraction of sp³-hybridized carbons (Fsp3) is 0.727. The highest BCUT2D eigenvalue weighted by molar-refractivity contribution is 7.80. The summed E-state index contributed by atoms with van der Waals surface area (Å²) in [6.07, 6.45) is 3.81. The van der Waals surface area contributed by atoms with Gasteiger partial charge in [0.1, 0.15) is 0 Å². The number of nitrogens with one attached hydrogen (secondary N) is 2. The molecule has 2 nitrogen and oxygen atoms in total. The summed E-state index contributed by atoms with van der Waals surface area (Å²) in [6, 6.07) is 0.579. The van der Waals surface area contributed by atoms with Crippen LogP contribution in [0.1, 0.15) is 33.1 Å². The van der Waals surface area contributed by atoms with Crippen molar-refractivity contribution in [3.05, 3.63) is 12.2 Å². The topological polar surface area (TPSA) is 24.1 Å². The summed E-state index contributed by atoms with van der Waals surface area (Å²) in [5, 5.41) is 7.26. The lowest BCUT2D eigenvalue weighted by atomic mass is 10.1. The van der Waals surface area contributed by atoms with Crippen molar-refractivity contribution in [2.45, 2.75) is 39.2 Å². The quantitative estimate of drug-likeness (QED) is 0.554. The van der Waals surface area contributed by atoms with E-state index in [9.17, 15) is 0 Å². The molecule has 80 valence electrons. The second kappa shape index (κ2) is 5.35. The van der Waals surface area contributed by atoms with Crippen molar-refractivity contribution in [3.63, 3.8) is 0 Å². The molecule has 2 atom stereocenters. The number of hydrogen-bond acceptors (Lipinski definition) is 1. The lowest BCUT2D eigenvalue weighted by molar-refractivity contribution is 0.568. The van der Waals surface area contributed by atoms with Crippen molar-refractivity contribution in [2.75, 3.05) is 6.54 Å². The van der Waals surface area contributed by atoms with Crippen LogP contribution in [0.25, 0.3) is 0 Å². The average Bonchev–Trinajstić information content (AvgIpc) is 2.48. The number of rotatable bonds is 3. The maximum atomic E-state index is 5.18. The van der Waals surface area contributed by atoms with Crippen LogP contribution in [0, 0.1) is 5.92 Å². The monoisotopic (exact) mass is 212 g/mol. The molecule has 0 bridgehead atoms. The highest BCUT2D eigenvalue weighted by Crippen LogP contribution is 2.24. The Hall–Kier alpha value is -0.570. The van der Waals surface area contributed by atoms with Gasteiger partial charge in [-0.15, -0.1) is 0 Å². The van der Waals surface area contributed by atoms with E-state index in [0.717, 1.165) is 23.1 Å². The molecule has 1 fully saturated rings. The van der Waals surface area contributed by atoms with Crippen LogP contribution >= 0.6 is 12.2 Å². The van der Waals surface area contributed by atoms with Gasteiger partial charge in [-0.3, -0.25) is 0 Å². The maximum Gasteiger partial charge on any atom is 0.166 e. The summed E-state index contributed by atoms with van der Waals surface area (Å²) >= 11 is 5.18. The van der Waals surface area contributed by atoms with E-state index in [2.05, 4.69) is 24.1 Å². The minimum absolute atomic E-state index is 0.579. The predicted molar refractivity (Wildman–Crippen MR) is 65.4 cm³/mol. The van der Waals surface area contributed by atoms with Gasteiger partial charge >= 0.3 is 0 Å². The van der Waals surface area contributed by atoms with E-state index in [1.807, 2.05) is 6.92 Å². The van der Waals surface area contributed by atoms with Crippen LogP contribution in [-0.4, -0.2) is 17.7 Å². The third-order valence-electron chi connectivity index (χ3n) is 2.58. The second-order valence-electron chi connectivity index (χ2n) is 4.40. The smallest absolute Gasteiger partial charge is 0.166 e. The van der Waals surface area contributed by atoms with Gasteiger partial charge in [0, 0.05) is 12.6 Å². The van der Waals surface area contributed by atoms with Gasteiger partial charge < -0.3 is 10.6 Å². The molecule has 0 heterocycles. The van der Waals surface area contributed by atoms with Gasteiger partial charge in [0.05, 0.1) is 0 Å². The summed E-state index contributed by atoms with van der Waals surface area (Å²) in [5.74, 6) is 0.844. The highest BCUT2D eigenvalue weighted by atomic mass is 32.1. The molecule has 0 radical (unpaired) electrons. The van der Waals surface area contributed by atoms with Crippen LogP contribution in [0.4, 0.5) is 0 Å². The van der Waals surface area contributed by atoms with Crippen LogP contribution < -0.4 is 10.6 Å². The molecular weight excluding hydrogens is 192 g/mol. The van der Waals surface area contributed by atoms with Crippen LogP contribution in [0.15, 0.2) is 12.2 Å². The van der Waals surface area contributed by atoms with E-state index >= 15 is 0 Å². The van der Waals surface area contributed by atoms with Crippen molar-refractivity contribution in [1.82, 2.24) is 10.6 Å². The van der Waals surface area contributed by atoms with Crippen molar-refractivity contribution in [3.8, 4) is 0 Å². The van der Waals surface area contributed by atoms with Crippen LogP contribution in [0.3, 0.4) is 0 Å². The Morgan fingerprint density at radius 1 is 1.50 bits per heavy atom. The Kier molecular flexibility index (Phi) is 4.39. The summed E-state index contributed by atoms with van der Waals surface area (Å²) in [6.45, 7) is 8.88. The molecule has 2 unspecified atom stereocenters. The van der Waals surface area contributed by atoms with Crippen LogP contribution in [0.2, 0.25) is 0 Å². The maximum absolute atomic E-state index is 5.18. The second-order valence-corrected chi connectivity index (χ2v) is 4.81. The molecule has 1 rings (SSSR count). The third kappa shape index (κ3) is 4.09. The van der Waals surface area contributed by atoms with Crippen molar-refractivity contribution in [2.24, 2.45) is 5.92 Å². The first-order valence-electron chi connectivity index (χ1n) is 5.26. The van der Waals surface area contributed by atoms with Crippen LogP contribution in [0.5, 0.6) is 0 Å². The molecule has 0 aromatic heterocycles. The first-order valence-corrected chi connectivity index (χ1v) is 5.67. The van der Waals surface area contributed by atoms with Gasteiger partial charge in [-0.1, -0.05) is 19.1 Å². The van der Waals surface area contributed by atoms with E-state index in [1.165, 1.54) is 19.3 Å². The van der Waals surface area contributed by atoms with Gasteiger partial charge in [-0.2, -0.15) is 0 Å². The fourth-order valence-electron chi connectivity index (χ4n) is 1.81. The Balaban J connectivity index is 2.17. The minimum Gasteiger partial charge on any atom is -0.360 e. The first-order chi connectivity index (χ1) is 6.58. The molecule has 0 aromatic carbocycles. The van der Waals surface area contributed by atoms with Crippen molar-refractivity contribution >= 4 is 17.3 Å². The molecule has 1 aliphatic rings. The highest BCUT2D eigenvalue weighted by Gasteiger charge is 2.21. The molecule has 0 aromatic rings. The SMILES string of the molecule is C=C(C)CNC(=S)NC1CCC(C)C1. The zero-order valence-electron chi connectivity index (χ0n) is 9.10. The van der Waals surface area contributed by atoms with Crippen molar-refractivity contribution < 1.29 is 0 Å². The molecule has 1 aliphatic carbocycles. The largest absolute Gasteiger partial charge is 0.360 e. The summed E-state index contributed by atoms with van der Waals surface area (Å²) in [7, 11) is 0. The molecule has 3 heteroatoms. The van der Waals surface area contributed by atoms with E-state index in [1.54, 1.807) is 0 Å². The van der Waals surface area contributed by atoms with E-state index in [-0.39, 0.29) is 0 Å². The van der Waals surface area contributed by atoms with E-state index < -0.39 is 0 Å². The third-order valence-corrected chi connectivity index (χ3v) is 2.84. The predicted octanol–water partition coefficient (Wildman–Crippen LogP) is 2.22. The summed E-state index contributed by atoms with van der Waals surface area (Å²) in [5.41, 5.74) is 1.11. The molecule has 0 saturated heterocycles. The molecule has 0 amide bonds. The average molecular weight is 212 g/mol. The fourth-order valence-corrected chi connectivity index (χ4v) is 2.04. The zero-order valence-corrected chi connectivity index (χ0v) is 9.91. The molecule has 14 heavy (non-hydrogen) atoms. The van der Waals surface area contributed by atoms with Crippen LogP contribution in [-0.2, 0) is 0 Å². The molecule has 2 N–H and O–H groups in total. The van der Waals surface area contributed by atoms with E-state index in [0.29, 0.717) is 6.04 Å². The molecule has 1 saturated carbocycles. The summed E-state index contributed by atoms with van der Waals surface area (Å²) < 4.78 is 0. The van der Waals surface area contributed by atoms with Gasteiger partial charge in [0.25, 0.3) is 0 Å². The lowest BCUT2D eigenvalue weighted by Crippen LogP contribution is -2.41. The Morgan fingerprint density at radius 3 is 2.71 bits per heavy atom. The normalized spacial score (nSPS) is 25.9. The number of thiocarbonyl (C=S) groups is 1. The van der Waals surface area contributed by atoms with Gasteiger partial charge in [-0.25, -0.2) is 0 Å². The van der Waals surface area contributed by atoms with Gasteiger partial charge in [-0.05, 0) is 44.3 Å². The molecular formula is C11H20N2S.